The Bertz CT molecular complexity index is 343. The number of piperidine rings is 1. The lowest BCUT2D eigenvalue weighted by molar-refractivity contribution is 0.249. The summed E-state index contributed by atoms with van der Waals surface area (Å²) < 4.78 is 0. The van der Waals surface area contributed by atoms with E-state index in [1.807, 2.05) is 7.05 Å². The van der Waals surface area contributed by atoms with E-state index in [1.54, 1.807) is 0 Å². The first-order chi connectivity index (χ1) is 7.70. The summed E-state index contributed by atoms with van der Waals surface area (Å²) in [6.07, 6.45) is 2.64. The van der Waals surface area contributed by atoms with Crippen molar-refractivity contribution in [2.24, 2.45) is 0 Å². The van der Waals surface area contributed by atoms with Gasteiger partial charge in [0, 0.05) is 30.4 Å². The van der Waals surface area contributed by atoms with E-state index >= 15 is 0 Å². The zero-order valence-electron chi connectivity index (χ0n) is 10.6. The number of likely N-dealkylation sites (N-methyl/N-ethyl adjacent to an activating group) is 1. The number of hydrogen-bond donors (Lipinski definition) is 2. The largest absolute Gasteiger partial charge is 0.362 e. The molecule has 0 radical (unpaired) electrons. The molecule has 90 valence electrons. The molecular weight excluding hydrogens is 198 g/mol. The normalized spacial score (nSPS) is 22.6. The predicted octanol–water partition coefficient (Wildman–Crippen LogP) is 1.85. The van der Waals surface area contributed by atoms with Crippen molar-refractivity contribution in [3.8, 4) is 0 Å². The maximum Gasteiger partial charge on any atom is 0.0220 e. The Kier molecular flexibility index (Phi) is 3.66. The van der Waals surface area contributed by atoms with Crippen LogP contribution < -0.4 is 5.32 Å². The number of hydrogen-bond acceptors (Lipinski definition) is 2. The Morgan fingerprint density at radius 1 is 1.56 bits per heavy atom. The zero-order valence-corrected chi connectivity index (χ0v) is 10.6. The van der Waals surface area contributed by atoms with Crippen molar-refractivity contribution in [1.29, 1.82) is 0 Å². The van der Waals surface area contributed by atoms with Gasteiger partial charge in [0.1, 0.15) is 0 Å². The van der Waals surface area contributed by atoms with Crippen LogP contribution in [0.4, 0.5) is 0 Å². The highest BCUT2D eigenvalue weighted by Gasteiger charge is 2.20. The molecule has 0 aromatic carbocycles. The third-order valence-corrected chi connectivity index (χ3v) is 3.57. The van der Waals surface area contributed by atoms with Crippen molar-refractivity contribution in [1.82, 2.24) is 15.2 Å². The number of rotatable bonds is 3. The van der Waals surface area contributed by atoms with E-state index < -0.39 is 0 Å². The predicted molar refractivity (Wildman–Crippen MR) is 67.8 cm³/mol. The number of nitrogens with zero attached hydrogens (tertiary/aromatic N) is 1. The summed E-state index contributed by atoms with van der Waals surface area (Å²) in [4.78, 5) is 5.99. The molecule has 0 saturated carbocycles. The Hall–Kier alpha value is -0.800. The summed E-state index contributed by atoms with van der Waals surface area (Å²) in [7, 11) is 4.22. The van der Waals surface area contributed by atoms with Crippen LogP contribution >= 0.6 is 0 Å². The maximum atomic E-state index is 3.55. The smallest absolute Gasteiger partial charge is 0.0220 e. The molecule has 16 heavy (non-hydrogen) atoms. The fourth-order valence-corrected chi connectivity index (χ4v) is 2.64. The molecule has 1 fully saturated rings. The minimum absolute atomic E-state index is 0.697. The van der Waals surface area contributed by atoms with Crippen molar-refractivity contribution >= 4 is 0 Å². The Labute approximate surface area is 98.2 Å². The van der Waals surface area contributed by atoms with Crippen LogP contribution in [0.5, 0.6) is 0 Å². The van der Waals surface area contributed by atoms with Gasteiger partial charge in [-0.3, -0.25) is 0 Å². The van der Waals surface area contributed by atoms with Gasteiger partial charge in [-0.1, -0.05) is 0 Å². The number of aromatic amines is 1. The number of aryl methyl sites for hydroxylation is 1. The van der Waals surface area contributed by atoms with Gasteiger partial charge in [0.25, 0.3) is 0 Å². The molecule has 0 aliphatic carbocycles. The SMILES string of the molecule is CNCc1cc(C2CCCN(C)C2)[nH]c1C. The summed E-state index contributed by atoms with van der Waals surface area (Å²) in [5.74, 6) is 0.697. The van der Waals surface area contributed by atoms with Crippen LogP contribution in [0.25, 0.3) is 0 Å². The Morgan fingerprint density at radius 3 is 3.06 bits per heavy atom. The molecule has 0 spiro atoms. The molecule has 1 aliphatic rings. The molecule has 1 atom stereocenters. The van der Waals surface area contributed by atoms with Crippen molar-refractivity contribution in [3.05, 3.63) is 23.0 Å². The third-order valence-electron chi connectivity index (χ3n) is 3.57. The van der Waals surface area contributed by atoms with Gasteiger partial charge in [-0.25, -0.2) is 0 Å². The second-order valence-electron chi connectivity index (χ2n) is 5.01. The van der Waals surface area contributed by atoms with E-state index in [0.29, 0.717) is 5.92 Å². The van der Waals surface area contributed by atoms with Gasteiger partial charge >= 0.3 is 0 Å². The first-order valence-electron chi connectivity index (χ1n) is 6.22. The van der Waals surface area contributed by atoms with Crippen molar-refractivity contribution in [3.63, 3.8) is 0 Å². The molecule has 2 N–H and O–H groups in total. The zero-order chi connectivity index (χ0) is 11.5. The first-order valence-corrected chi connectivity index (χ1v) is 6.22. The number of H-pyrrole nitrogens is 1. The summed E-state index contributed by atoms with van der Waals surface area (Å²) >= 11 is 0. The lowest BCUT2D eigenvalue weighted by Gasteiger charge is -2.29. The Balaban J connectivity index is 2.10. The molecular formula is C13H23N3. The minimum Gasteiger partial charge on any atom is -0.362 e. The molecule has 3 heteroatoms. The highest BCUT2D eigenvalue weighted by atomic mass is 15.1. The van der Waals surface area contributed by atoms with E-state index in [0.717, 1.165) is 6.54 Å². The second-order valence-corrected chi connectivity index (χ2v) is 5.01. The van der Waals surface area contributed by atoms with Gasteiger partial charge in [0.05, 0.1) is 0 Å². The fraction of sp³-hybridized carbons (Fsp3) is 0.692. The van der Waals surface area contributed by atoms with Gasteiger partial charge in [-0.05, 0) is 52.0 Å². The molecule has 1 saturated heterocycles. The average molecular weight is 221 g/mol. The number of aromatic nitrogens is 1. The summed E-state index contributed by atoms with van der Waals surface area (Å²) in [6, 6.07) is 2.34. The van der Waals surface area contributed by atoms with Gasteiger partial charge in [0.15, 0.2) is 0 Å². The van der Waals surface area contributed by atoms with Gasteiger partial charge in [0.2, 0.25) is 0 Å². The quantitative estimate of drug-likeness (QED) is 0.816. The van der Waals surface area contributed by atoms with Crippen LogP contribution in [0, 0.1) is 6.92 Å². The molecule has 2 rings (SSSR count). The highest BCUT2D eigenvalue weighted by Crippen LogP contribution is 2.27. The van der Waals surface area contributed by atoms with E-state index in [9.17, 15) is 0 Å². The molecule has 0 bridgehead atoms. The first kappa shape index (κ1) is 11.7. The lowest BCUT2D eigenvalue weighted by atomic mass is 9.95. The summed E-state index contributed by atoms with van der Waals surface area (Å²) in [6.45, 7) is 5.58. The van der Waals surface area contributed by atoms with Crippen molar-refractivity contribution in [2.75, 3.05) is 27.2 Å². The molecule has 1 aliphatic heterocycles. The van der Waals surface area contributed by atoms with Crippen LogP contribution in [0.3, 0.4) is 0 Å². The summed E-state index contributed by atoms with van der Waals surface area (Å²) in [5.41, 5.74) is 4.15. The standard InChI is InChI=1S/C13H23N3/c1-10-12(8-14-2)7-13(15-10)11-5-4-6-16(3)9-11/h7,11,14-15H,4-6,8-9H2,1-3H3. The van der Waals surface area contributed by atoms with Crippen molar-refractivity contribution in [2.45, 2.75) is 32.2 Å². The highest BCUT2D eigenvalue weighted by molar-refractivity contribution is 5.27. The van der Waals surface area contributed by atoms with Crippen LogP contribution in [-0.2, 0) is 6.54 Å². The van der Waals surface area contributed by atoms with E-state index in [-0.39, 0.29) is 0 Å². The topological polar surface area (TPSA) is 31.1 Å². The van der Waals surface area contributed by atoms with Gasteiger partial charge in [-0.15, -0.1) is 0 Å². The van der Waals surface area contributed by atoms with Crippen LogP contribution in [-0.4, -0.2) is 37.1 Å². The second kappa shape index (κ2) is 5.02. The molecule has 1 unspecified atom stereocenters. The number of nitrogens with one attached hydrogen (secondary N) is 2. The van der Waals surface area contributed by atoms with Crippen LogP contribution in [0.1, 0.15) is 35.7 Å². The molecule has 3 nitrogen and oxygen atoms in total. The van der Waals surface area contributed by atoms with Crippen molar-refractivity contribution < 1.29 is 0 Å². The molecule has 1 aromatic rings. The lowest BCUT2D eigenvalue weighted by Crippen LogP contribution is -2.30. The van der Waals surface area contributed by atoms with E-state index in [1.165, 1.54) is 42.9 Å². The monoisotopic (exact) mass is 221 g/mol. The minimum atomic E-state index is 0.697. The summed E-state index contributed by atoms with van der Waals surface area (Å²) in [5, 5.41) is 3.22. The van der Waals surface area contributed by atoms with Crippen LogP contribution in [0.2, 0.25) is 0 Å². The molecule has 1 aromatic heterocycles. The fourth-order valence-electron chi connectivity index (χ4n) is 2.64. The van der Waals surface area contributed by atoms with Gasteiger partial charge < -0.3 is 15.2 Å². The Morgan fingerprint density at radius 2 is 2.38 bits per heavy atom. The van der Waals surface area contributed by atoms with E-state index in [2.05, 4.69) is 35.2 Å². The van der Waals surface area contributed by atoms with Crippen LogP contribution in [0.15, 0.2) is 6.07 Å². The van der Waals surface area contributed by atoms with Gasteiger partial charge in [-0.2, -0.15) is 0 Å². The van der Waals surface area contributed by atoms with E-state index in [4.69, 9.17) is 0 Å². The third kappa shape index (κ3) is 2.47. The average Bonchev–Trinajstić information content (AvgIpc) is 2.61. The maximum absolute atomic E-state index is 3.55. The molecule has 0 amide bonds. The molecule has 2 heterocycles. The number of likely N-dealkylation sites (tertiary alicyclic amines) is 1.